The standard InChI is InChI=1S/C27H32N8O/c1-34(2)14-15-35(3)27-31-13-11-23(33-27)19-5-7-20(8-6-19)26(36)30-12-10-18-4-9-24-21(16-18)22(17-32-24)25(28)29/h4-9,11,13,16-17,32H,10,12,14-15H2,1-3H3,(H3,28,29)(H,30,36). The Kier molecular flexibility index (Phi) is 7.60. The number of amidine groups is 1. The molecule has 0 saturated heterocycles. The Morgan fingerprint density at radius 2 is 1.86 bits per heavy atom. The molecule has 0 atom stereocenters. The quantitative estimate of drug-likeness (QED) is 0.202. The lowest BCUT2D eigenvalue weighted by molar-refractivity contribution is 0.0954. The van der Waals surface area contributed by atoms with Crippen molar-refractivity contribution in [3.63, 3.8) is 0 Å². The van der Waals surface area contributed by atoms with Crippen LogP contribution in [0.15, 0.2) is 60.9 Å². The summed E-state index contributed by atoms with van der Waals surface area (Å²) in [4.78, 5) is 29.0. The first kappa shape index (κ1) is 24.9. The second kappa shape index (κ2) is 11.0. The van der Waals surface area contributed by atoms with Gasteiger partial charge in [-0.05, 0) is 56.4 Å². The van der Waals surface area contributed by atoms with E-state index >= 15 is 0 Å². The summed E-state index contributed by atoms with van der Waals surface area (Å²) in [5, 5.41) is 11.6. The van der Waals surface area contributed by atoms with Crippen LogP contribution in [0.5, 0.6) is 0 Å². The van der Waals surface area contributed by atoms with Crippen LogP contribution in [0.4, 0.5) is 5.95 Å². The van der Waals surface area contributed by atoms with E-state index < -0.39 is 0 Å². The van der Waals surface area contributed by atoms with Gasteiger partial charge in [-0.1, -0.05) is 18.2 Å². The third kappa shape index (κ3) is 5.87. The molecule has 0 saturated carbocycles. The number of hydrogen-bond acceptors (Lipinski definition) is 6. The van der Waals surface area contributed by atoms with Crippen molar-refractivity contribution in [1.82, 2.24) is 25.2 Å². The van der Waals surface area contributed by atoms with Crippen molar-refractivity contribution in [3.8, 4) is 11.3 Å². The van der Waals surface area contributed by atoms with Crippen molar-refractivity contribution in [2.45, 2.75) is 6.42 Å². The second-order valence-corrected chi connectivity index (χ2v) is 9.05. The van der Waals surface area contributed by atoms with Gasteiger partial charge in [0.05, 0.1) is 5.69 Å². The molecule has 186 valence electrons. The van der Waals surface area contributed by atoms with E-state index in [0.29, 0.717) is 30.0 Å². The van der Waals surface area contributed by atoms with E-state index in [9.17, 15) is 4.79 Å². The smallest absolute Gasteiger partial charge is 0.251 e. The number of H-pyrrole nitrogens is 1. The summed E-state index contributed by atoms with van der Waals surface area (Å²) in [6.45, 7) is 2.24. The number of aromatic nitrogens is 3. The van der Waals surface area contributed by atoms with E-state index in [1.54, 1.807) is 12.4 Å². The molecular formula is C27H32N8O. The SMILES string of the molecule is CN(C)CCN(C)c1nccc(-c2ccc(C(=O)NCCc3ccc4[nH]cc(C(=N)N)c4c3)cc2)n1. The zero-order valence-electron chi connectivity index (χ0n) is 20.9. The predicted octanol–water partition coefficient (Wildman–Crippen LogP) is 2.88. The number of aromatic amines is 1. The third-order valence-electron chi connectivity index (χ3n) is 6.05. The Bertz CT molecular complexity index is 1360. The monoisotopic (exact) mass is 484 g/mol. The Morgan fingerprint density at radius 3 is 2.58 bits per heavy atom. The van der Waals surface area contributed by atoms with Gasteiger partial charge in [-0.15, -0.1) is 0 Å². The number of likely N-dealkylation sites (N-methyl/N-ethyl adjacent to an activating group) is 2. The van der Waals surface area contributed by atoms with Crippen LogP contribution in [0.2, 0.25) is 0 Å². The van der Waals surface area contributed by atoms with E-state index in [2.05, 4.69) is 25.2 Å². The van der Waals surface area contributed by atoms with Gasteiger partial charge in [0, 0.05) is 66.7 Å². The highest BCUT2D eigenvalue weighted by Gasteiger charge is 2.10. The molecule has 0 unspecified atom stereocenters. The predicted molar refractivity (Wildman–Crippen MR) is 145 cm³/mol. The molecule has 1 amide bonds. The van der Waals surface area contributed by atoms with Gasteiger partial charge in [0.1, 0.15) is 5.84 Å². The summed E-state index contributed by atoms with van der Waals surface area (Å²) in [6, 6.07) is 15.3. The lowest BCUT2D eigenvalue weighted by atomic mass is 10.1. The molecule has 0 fully saturated rings. The number of nitrogens with one attached hydrogen (secondary N) is 3. The number of nitrogens with two attached hydrogens (primary N) is 1. The first-order chi connectivity index (χ1) is 17.3. The van der Waals surface area contributed by atoms with Crippen LogP contribution >= 0.6 is 0 Å². The Hall–Kier alpha value is -4.24. The number of carbonyl (C=O) groups is 1. The Balaban J connectivity index is 1.35. The van der Waals surface area contributed by atoms with Crippen LogP contribution in [0, 0.1) is 5.41 Å². The maximum absolute atomic E-state index is 12.7. The van der Waals surface area contributed by atoms with Gasteiger partial charge in [0.15, 0.2) is 0 Å². The zero-order chi connectivity index (χ0) is 25.7. The lowest BCUT2D eigenvalue weighted by Gasteiger charge is -2.19. The van der Waals surface area contributed by atoms with Crippen molar-refractivity contribution < 1.29 is 4.79 Å². The first-order valence-electron chi connectivity index (χ1n) is 11.8. The number of amides is 1. The highest BCUT2D eigenvalue weighted by molar-refractivity contribution is 6.07. The molecule has 4 rings (SSSR count). The Labute approximate surface area is 210 Å². The molecular weight excluding hydrogens is 452 g/mol. The number of carbonyl (C=O) groups excluding carboxylic acids is 1. The molecule has 0 aliphatic rings. The van der Waals surface area contributed by atoms with Gasteiger partial charge in [-0.2, -0.15) is 0 Å². The second-order valence-electron chi connectivity index (χ2n) is 9.05. The number of nitrogen functional groups attached to an aromatic ring is 1. The van der Waals surface area contributed by atoms with E-state index in [1.807, 2.05) is 74.6 Å². The molecule has 0 spiro atoms. The van der Waals surface area contributed by atoms with Crippen molar-refractivity contribution >= 4 is 28.6 Å². The summed E-state index contributed by atoms with van der Waals surface area (Å²) >= 11 is 0. The molecule has 0 bridgehead atoms. The number of fused-ring (bicyclic) bond motifs is 1. The molecule has 36 heavy (non-hydrogen) atoms. The van der Waals surface area contributed by atoms with E-state index in [-0.39, 0.29) is 11.7 Å². The van der Waals surface area contributed by atoms with Gasteiger partial charge < -0.3 is 25.8 Å². The zero-order valence-corrected chi connectivity index (χ0v) is 20.9. The minimum Gasteiger partial charge on any atom is -0.384 e. The largest absolute Gasteiger partial charge is 0.384 e. The van der Waals surface area contributed by atoms with E-state index in [1.165, 1.54) is 0 Å². The maximum Gasteiger partial charge on any atom is 0.251 e. The molecule has 5 N–H and O–H groups in total. The number of benzene rings is 2. The number of hydrogen-bond donors (Lipinski definition) is 4. The minimum absolute atomic E-state index is 0.0321. The molecule has 4 aromatic rings. The molecule has 0 radical (unpaired) electrons. The van der Waals surface area contributed by atoms with Crippen LogP contribution in [0.3, 0.4) is 0 Å². The van der Waals surface area contributed by atoms with Crippen LogP contribution in [-0.4, -0.2) is 72.4 Å². The van der Waals surface area contributed by atoms with Gasteiger partial charge in [-0.3, -0.25) is 10.2 Å². The summed E-state index contributed by atoms with van der Waals surface area (Å²) in [7, 11) is 6.06. The number of anilines is 1. The van der Waals surface area contributed by atoms with Gasteiger partial charge in [-0.25, -0.2) is 9.97 Å². The third-order valence-corrected chi connectivity index (χ3v) is 6.05. The average Bonchev–Trinajstić information content (AvgIpc) is 3.31. The van der Waals surface area contributed by atoms with Crippen molar-refractivity contribution in [1.29, 1.82) is 5.41 Å². The molecule has 0 aliphatic heterocycles. The highest BCUT2D eigenvalue weighted by atomic mass is 16.1. The molecule has 2 aromatic carbocycles. The van der Waals surface area contributed by atoms with Gasteiger partial charge in [0.25, 0.3) is 5.91 Å². The summed E-state index contributed by atoms with van der Waals surface area (Å²) < 4.78 is 0. The normalized spacial score (nSPS) is 11.1. The van der Waals surface area contributed by atoms with Crippen molar-refractivity contribution in [2.75, 3.05) is 45.7 Å². The van der Waals surface area contributed by atoms with E-state index in [0.717, 1.165) is 40.8 Å². The molecule has 9 heteroatoms. The lowest BCUT2D eigenvalue weighted by Crippen LogP contribution is -2.29. The molecule has 9 nitrogen and oxygen atoms in total. The Morgan fingerprint density at radius 1 is 1.08 bits per heavy atom. The summed E-state index contributed by atoms with van der Waals surface area (Å²) in [5.74, 6) is 0.578. The highest BCUT2D eigenvalue weighted by Crippen LogP contribution is 2.21. The summed E-state index contributed by atoms with van der Waals surface area (Å²) in [6.07, 6.45) is 4.18. The molecule has 2 heterocycles. The van der Waals surface area contributed by atoms with Crippen LogP contribution < -0.4 is 16.0 Å². The van der Waals surface area contributed by atoms with Crippen molar-refractivity contribution in [2.24, 2.45) is 5.73 Å². The van der Waals surface area contributed by atoms with Crippen LogP contribution in [-0.2, 0) is 6.42 Å². The molecule has 0 aliphatic carbocycles. The van der Waals surface area contributed by atoms with Crippen LogP contribution in [0.1, 0.15) is 21.5 Å². The topological polar surface area (TPSA) is 127 Å². The average molecular weight is 485 g/mol. The fraction of sp³-hybridized carbons (Fsp3) is 0.259. The van der Waals surface area contributed by atoms with Gasteiger partial charge >= 0.3 is 0 Å². The minimum atomic E-state index is -0.125. The van der Waals surface area contributed by atoms with Crippen molar-refractivity contribution in [3.05, 3.63) is 77.6 Å². The van der Waals surface area contributed by atoms with Gasteiger partial charge in [0.2, 0.25) is 5.95 Å². The number of nitrogens with zero attached hydrogens (tertiary/aromatic N) is 4. The number of rotatable bonds is 10. The summed E-state index contributed by atoms with van der Waals surface area (Å²) in [5.41, 5.74) is 10.7. The first-order valence-corrected chi connectivity index (χ1v) is 11.8. The van der Waals surface area contributed by atoms with E-state index in [4.69, 9.17) is 11.1 Å². The van der Waals surface area contributed by atoms with Crippen LogP contribution in [0.25, 0.3) is 22.2 Å². The fourth-order valence-electron chi connectivity index (χ4n) is 3.90. The fourth-order valence-corrected chi connectivity index (χ4v) is 3.90. The molecule has 2 aromatic heterocycles. The maximum atomic E-state index is 12.7.